The average molecular weight is 473 g/mol. The van der Waals surface area contributed by atoms with E-state index in [1.807, 2.05) is 35.8 Å². The van der Waals surface area contributed by atoms with Crippen molar-refractivity contribution in [3.8, 4) is 11.5 Å². The molecular formula is C24H29FN4O3S. The molecule has 0 aliphatic heterocycles. The van der Waals surface area contributed by atoms with Crippen LogP contribution in [-0.4, -0.2) is 33.5 Å². The number of benzene rings is 2. The first-order valence-electron chi connectivity index (χ1n) is 10.7. The fraction of sp³-hybridized carbons (Fsp3) is 0.375. The molecule has 1 heterocycles. The lowest BCUT2D eigenvalue weighted by Gasteiger charge is -2.18. The zero-order valence-corrected chi connectivity index (χ0v) is 20.1. The topological polar surface area (TPSA) is 78.3 Å². The number of carbonyl (C=O) groups excluding carboxylic acids is 1. The molecule has 0 fully saturated rings. The van der Waals surface area contributed by atoms with E-state index < -0.39 is 0 Å². The van der Waals surface area contributed by atoms with Gasteiger partial charge in [-0.15, -0.1) is 10.2 Å². The molecule has 3 rings (SSSR count). The Bertz CT molecular complexity index is 1040. The van der Waals surface area contributed by atoms with Crippen molar-refractivity contribution in [3.05, 3.63) is 65.7 Å². The van der Waals surface area contributed by atoms with E-state index >= 15 is 0 Å². The second-order valence-corrected chi connectivity index (χ2v) is 8.92. The van der Waals surface area contributed by atoms with Crippen molar-refractivity contribution in [2.45, 2.75) is 45.1 Å². The quantitative estimate of drug-likeness (QED) is 0.410. The fourth-order valence-electron chi connectivity index (χ4n) is 3.14. The van der Waals surface area contributed by atoms with Gasteiger partial charge in [0, 0.05) is 13.1 Å². The van der Waals surface area contributed by atoms with Gasteiger partial charge in [-0.05, 0) is 54.8 Å². The lowest BCUT2D eigenvalue weighted by Crippen LogP contribution is -2.25. The molecule has 1 aromatic heterocycles. The van der Waals surface area contributed by atoms with Gasteiger partial charge in [-0.3, -0.25) is 4.79 Å². The van der Waals surface area contributed by atoms with Crippen LogP contribution in [0.4, 0.5) is 4.39 Å². The highest BCUT2D eigenvalue weighted by Gasteiger charge is 2.21. The highest BCUT2D eigenvalue weighted by atomic mass is 32.2. The molecule has 33 heavy (non-hydrogen) atoms. The van der Waals surface area contributed by atoms with E-state index in [1.165, 1.54) is 23.9 Å². The number of methoxy groups -OCH3 is 1. The Morgan fingerprint density at radius 1 is 1.06 bits per heavy atom. The van der Waals surface area contributed by atoms with Crippen LogP contribution in [0.15, 0.2) is 53.7 Å². The molecule has 0 spiro atoms. The molecule has 2 aromatic carbocycles. The Hall–Kier alpha value is -3.07. The van der Waals surface area contributed by atoms with Crippen LogP contribution < -0.4 is 14.8 Å². The highest BCUT2D eigenvalue weighted by molar-refractivity contribution is 7.99. The largest absolute Gasteiger partial charge is 0.497 e. The normalized spacial score (nSPS) is 11.9. The molecule has 3 aromatic rings. The summed E-state index contributed by atoms with van der Waals surface area (Å²) in [6.45, 7) is 7.20. The Balaban J connectivity index is 1.62. The minimum atomic E-state index is -0.328. The van der Waals surface area contributed by atoms with Gasteiger partial charge in [0.1, 0.15) is 17.3 Å². The number of aromatic nitrogens is 3. The van der Waals surface area contributed by atoms with Crippen LogP contribution in [0.3, 0.4) is 0 Å². The number of amides is 1. The number of hydrogen-bond donors (Lipinski definition) is 1. The fourth-order valence-corrected chi connectivity index (χ4v) is 3.92. The van der Waals surface area contributed by atoms with E-state index in [4.69, 9.17) is 9.47 Å². The van der Waals surface area contributed by atoms with Crippen molar-refractivity contribution < 1.29 is 18.7 Å². The molecule has 0 saturated heterocycles. The minimum absolute atomic E-state index is 0.132. The molecule has 0 radical (unpaired) electrons. The van der Waals surface area contributed by atoms with Crippen molar-refractivity contribution >= 4 is 17.7 Å². The van der Waals surface area contributed by atoms with Crippen molar-refractivity contribution in [2.75, 3.05) is 12.9 Å². The van der Waals surface area contributed by atoms with E-state index in [2.05, 4.69) is 29.4 Å². The molecule has 176 valence electrons. The average Bonchev–Trinajstić information content (AvgIpc) is 3.19. The summed E-state index contributed by atoms with van der Waals surface area (Å²) in [5.41, 5.74) is 0.838. The zero-order chi connectivity index (χ0) is 23.8. The van der Waals surface area contributed by atoms with Gasteiger partial charge in [0.25, 0.3) is 0 Å². The maximum Gasteiger partial charge on any atom is 0.230 e. The van der Waals surface area contributed by atoms with Crippen LogP contribution in [-0.2, 0) is 17.9 Å². The lowest BCUT2D eigenvalue weighted by molar-refractivity contribution is -0.118. The molecule has 7 nitrogen and oxygen atoms in total. The molecule has 0 bridgehead atoms. The Labute approximate surface area is 197 Å². The van der Waals surface area contributed by atoms with Crippen LogP contribution >= 0.6 is 11.8 Å². The minimum Gasteiger partial charge on any atom is -0.497 e. The summed E-state index contributed by atoms with van der Waals surface area (Å²) in [6, 6.07) is 13.4. The van der Waals surface area contributed by atoms with Crippen molar-refractivity contribution in [2.24, 2.45) is 5.92 Å². The Morgan fingerprint density at radius 3 is 2.36 bits per heavy atom. The van der Waals surface area contributed by atoms with Crippen molar-refractivity contribution in [1.82, 2.24) is 20.1 Å². The SMILES string of the molecule is COc1ccc(OC(C)c2nnc(SCC(=O)NCc3ccc(F)cc3)n2CC(C)C)cc1. The maximum atomic E-state index is 13.0. The molecule has 1 amide bonds. The smallest absolute Gasteiger partial charge is 0.230 e. The molecule has 1 atom stereocenters. The van der Waals surface area contributed by atoms with Gasteiger partial charge in [0.2, 0.25) is 5.91 Å². The molecular weight excluding hydrogens is 443 g/mol. The summed E-state index contributed by atoms with van der Waals surface area (Å²) in [5.74, 6) is 2.30. The van der Waals surface area contributed by atoms with Crippen molar-refractivity contribution in [3.63, 3.8) is 0 Å². The van der Waals surface area contributed by atoms with E-state index in [9.17, 15) is 9.18 Å². The van der Waals surface area contributed by atoms with Crippen molar-refractivity contribution in [1.29, 1.82) is 0 Å². The monoisotopic (exact) mass is 472 g/mol. The molecule has 9 heteroatoms. The Morgan fingerprint density at radius 2 is 1.73 bits per heavy atom. The van der Waals surface area contributed by atoms with E-state index in [1.54, 1.807) is 19.2 Å². The second-order valence-electron chi connectivity index (χ2n) is 7.97. The number of rotatable bonds is 11. The third-order valence-electron chi connectivity index (χ3n) is 4.76. The number of ether oxygens (including phenoxy) is 2. The summed E-state index contributed by atoms with van der Waals surface area (Å²) in [7, 11) is 1.62. The predicted octanol–water partition coefficient (Wildman–Crippen LogP) is 4.63. The molecule has 1 N–H and O–H groups in total. The number of hydrogen-bond acceptors (Lipinski definition) is 6. The summed E-state index contributed by atoms with van der Waals surface area (Å²) in [4.78, 5) is 12.3. The van der Waals surface area contributed by atoms with Gasteiger partial charge in [-0.1, -0.05) is 37.7 Å². The van der Waals surface area contributed by atoms with Gasteiger partial charge in [-0.25, -0.2) is 4.39 Å². The molecule has 0 aliphatic rings. The third-order valence-corrected chi connectivity index (χ3v) is 5.73. The summed E-state index contributed by atoms with van der Waals surface area (Å²) < 4.78 is 26.3. The van der Waals surface area contributed by atoms with E-state index in [-0.39, 0.29) is 23.6 Å². The molecule has 1 unspecified atom stereocenters. The van der Waals surface area contributed by atoms with E-state index in [0.29, 0.717) is 35.7 Å². The zero-order valence-electron chi connectivity index (χ0n) is 19.2. The maximum absolute atomic E-state index is 13.0. The number of carbonyl (C=O) groups is 1. The van der Waals surface area contributed by atoms with E-state index in [0.717, 1.165) is 11.3 Å². The van der Waals surface area contributed by atoms with Crippen LogP contribution in [0.2, 0.25) is 0 Å². The third kappa shape index (κ3) is 7.21. The highest BCUT2D eigenvalue weighted by Crippen LogP contribution is 2.26. The van der Waals surface area contributed by atoms with Gasteiger partial charge in [0.05, 0.1) is 12.9 Å². The number of nitrogens with one attached hydrogen (secondary N) is 1. The molecule has 0 aliphatic carbocycles. The first-order chi connectivity index (χ1) is 15.9. The van der Waals surface area contributed by atoms with Gasteiger partial charge >= 0.3 is 0 Å². The van der Waals surface area contributed by atoms with Crippen LogP contribution in [0.25, 0.3) is 0 Å². The van der Waals surface area contributed by atoms with Gasteiger partial charge in [0.15, 0.2) is 17.1 Å². The van der Waals surface area contributed by atoms with Crippen LogP contribution in [0, 0.1) is 11.7 Å². The van der Waals surface area contributed by atoms with Crippen LogP contribution in [0.5, 0.6) is 11.5 Å². The standard InChI is InChI=1S/C24H29FN4O3S/c1-16(2)14-29-23(17(3)32-21-11-9-20(31-4)10-12-21)27-28-24(29)33-15-22(30)26-13-18-5-7-19(25)8-6-18/h5-12,16-17H,13-15H2,1-4H3,(H,26,30). The molecule has 0 saturated carbocycles. The lowest BCUT2D eigenvalue weighted by atomic mass is 10.2. The summed E-state index contributed by atoms with van der Waals surface area (Å²) >= 11 is 1.33. The second kappa shape index (κ2) is 11.7. The summed E-state index contributed by atoms with van der Waals surface area (Å²) in [6.07, 6.45) is -0.328. The Kier molecular flexibility index (Phi) is 8.71. The number of halogens is 1. The first kappa shape index (κ1) is 24.6. The predicted molar refractivity (Wildman–Crippen MR) is 126 cm³/mol. The van der Waals surface area contributed by atoms with Gasteiger partial charge < -0.3 is 19.4 Å². The van der Waals surface area contributed by atoms with Gasteiger partial charge in [-0.2, -0.15) is 0 Å². The summed E-state index contributed by atoms with van der Waals surface area (Å²) in [5, 5.41) is 12.2. The number of nitrogens with zero attached hydrogens (tertiary/aromatic N) is 3. The number of thioether (sulfide) groups is 1. The first-order valence-corrected chi connectivity index (χ1v) is 11.7. The van der Waals surface area contributed by atoms with Crippen LogP contribution in [0.1, 0.15) is 38.3 Å².